The Kier molecular flexibility index (Phi) is 4.63. The fourth-order valence-corrected chi connectivity index (χ4v) is 3.38. The lowest BCUT2D eigenvalue weighted by atomic mass is 10.1. The van der Waals surface area contributed by atoms with Crippen LogP contribution in [0.5, 0.6) is 0 Å². The van der Waals surface area contributed by atoms with Gasteiger partial charge in [0, 0.05) is 19.2 Å². The lowest BCUT2D eigenvalue weighted by Gasteiger charge is -2.22. The number of hydrogen-bond donors (Lipinski definition) is 2. The first-order valence-corrected chi connectivity index (χ1v) is 9.05. The van der Waals surface area contributed by atoms with Crippen molar-refractivity contribution in [2.75, 3.05) is 13.2 Å². The molecule has 0 bridgehead atoms. The van der Waals surface area contributed by atoms with Crippen molar-refractivity contribution in [3.63, 3.8) is 0 Å². The van der Waals surface area contributed by atoms with Gasteiger partial charge in [0.25, 0.3) is 10.0 Å². The molecule has 2 aliphatic rings. The van der Waals surface area contributed by atoms with Gasteiger partial charge in [-0.2, -0.15) is 0 Å². The zero-order chi connectivity index (χ0) is 14.7. The van der Waals surface area contributed by atoms with Gasteiger partial charge in [0.15, 0.2) is 0 Å². The fraction of sp³-hybridized carbons (Fsp3) is 0.714. The molecule has 0 amide bonds. The highest BCUT2D eigenvalue weighted by Crippen LogP contribution is 2.20. The Morgan fingerprint density at radius 2 is 2.05 bits per heavy atom. The third kappa shape index (κ3) is 4.29. The number of furan rings is 1. The molecule has 21 heavy (non-hydrogen) atoms. The standard InChI is InChI=1S/C14H22N2O4S/c17-21(18,16-10-12-3-1-2-8-19-12)14-7-6-13(20-14)9-15-11-4-5-11/h6-7,11-12,15-16H,1-5,8-10H2. The summed E-state index contributed by atoms with van der Waals surface area (Å²) in [6, 6.07) is 3.78. The van der Waals surface area contributed by atoms with Gasteiger partial charge in [0.1, 0.15) is 5.76 Å². The Labute approximate surface area is 125 Å². The molecule has 2 heterocycles. The van der Waals surface area contributed by atoms with Crippen LogP contribution >= 0.6 is 0 Å². The van der Waals surface area contributed by atoms with Crippen molar-refractivity contribution in [2.24, 2.45) is 0 Å². The lowest BCUT2D eigenvalue weighted by molar-refractivity contribution is 0.0200. The molecule has 1 aliphatic carbocycles. The lowest BCUT2D eigenvalue weighted by Crippen LogP contribution is -2.35. The van der Waals surface area contributed by atoms with E-state index in [1.807, 2.05) is 0 Å². The molecule has 1 aromatic heterocycles. The number of ether oxygens (including phenoxy) is 1. The Morgan fingerprint density at radius 1 is 1.19 bits per heavy atom. The Balaban J connectivity index is 1.53. The van der Waals surface area contributed by atoms with Gasteiger partial charge < -0.3 is 14.5 Å². The van der Waals surface area contributed by atoms with E-state index in [1.165, 1.54) is 18.9 Å². The van der Waals surface area contributed by atoms with Crippen molar-refractivity contribution in [2.45, 2.75) is 55.9 Å². The molecule has 1 unspecified atom stereocenters. The normalized spacial score (nSPS) is 23.3. The van der Waals surface area contributed by atoms with Gasteiger partial charge in [-0.3, -0.25) is 0 Å². The van der Waals surface area contributed by atoms with Crippen LogP contribution in [0.1, 0.15) is 37.9 Å². The largest absolute Gasteiger partial charge is 0.447 e. The molecular formula is C14H22N2O4S. The zero-order valence-corrected chi connectivity index (χ0v) is 12.8. The van der Waals surface area contributed by atoms with Crippen molar-refractivity contribution >= 4 is 10.0 Å². The van der Waals surface area contributed by atoms with Gasteiger partial charge in [-0.05, 0) is 44.2 Å². The number of hydrogen-bond acceptors (Lipinski definition) is 5. The van der Waals surface area contributed by atoms with Crippen LogP contribution in [0.4, 0.5) is 0 Å². The summed E-state index contributed by atoms with van der Waals surface area (Å²) >= 11 is 0. The average molecular weight is 314 g/mol. The van der Waals surface area contributed by atoms with Crippen molar-refractivity contribution in [1.29, 1.82) is 0 Å². The van der Waals surface area contributed by atoms with Gasteiger partial charge in [0.05, 0.1) is 12.6 Å². The van der Waals surface area contributed by atoms with E-state index in [1.54, 1.807) is 6.07 Å². The van der Waals surface area contributed by atoms with Gasteiger partial charge in [-0.1, -0.05) is 0 Å². The summed E-state index contributed by atoms with van der Waals surface area (Å²) in [6.07, 6.45) is 5.39. The second kappa shape index (κ2) is 6.48. The minimum atomic E-state index is -3.59. The second-order valence-corrected chi connectivity index (χ2v) is 7.41. The average Bonchev–Trinajstić information content (AvgIpc) is 3.20. The quantitative estimate of drug-likeness (QED) is 0.795. The Bertz CT molecular complexity index is 559. The maximum Gasteiger partial charge on any atom is 0.274 e. The van der Waals surface area contributed by atoms with E-state index in [-0.39, 0.29) is 11.2 Å². The van der Waals surface area contributed by atoms with Crippen molar-refractivity contribution in [1.82, 2.24) is 10.0 Å². The number of sulfonamides is 1. The van der Waals surface area contributed by atoms with Gasteiger partial charge >= 0.3 is 0 Å². The van der Waals surface area contributed by atoms with Crippen molar-refractivity contribution < 1.29 is 17.6 Å². The summed E-state index contributed by atoms with van der Waals surface area (Å²) in [7, 11) is -3.59. The third-order valence-corrected chi connectivity index (χ3v) is 5.12. The first-order chi connectivity index (χ1) is 10.1. The van der Waals surface area contributed by atoms with Gasteiger partial charge in [0.2, 0.25) is 5.09 Å². The molecule has 7 heteroatoms. The van der Waals surface area contributed by atoms with Crippen LogP contribution in [0.25, 0.3) is 0 Å². The predicted molar refractivity (Wildman–Crippen MR) is 77.3 cm³/mol. The maximum absolute atomic E-state index is 12.2. The van der Waals surface area contributed by atoms with E-state index >= 15 is 0 Å². The monoisotopic (exact) mass is 314 g/mol. The number of rotatable bonds is 7. The molecule has 0 spiro atoms. The highest BCUT2D eigenvalue weighted by molar-refractivity contribution is 7.89. The molecular weight excluding hydrogens is 292 g/mol. The summed E-state index contributed by atoms with van der Waals surface area (Å²) < 4.78 is 37.8. The van der Waals surface area contributed by atoms with E-state index in [4.69, 9.17) is 9.15 Å². The summed E-state index contributed by atoms with van der Waals surface area (Å²) in [4.78, 5) is 0. The molecule has 118 valence electrons. The Morgan fingerprint density at radius 3 is 2.76 bits per heavy atom. The van der Waals surface area contributed by atoms with E-state index in [0.29, 0.717) is 31.5 Å². The van der Waals surface area contributed by atoms with Crippen LogP contribution in [0.15, 0.2) is 21.6 Å². The van der Waals surface area contributed by atoms with Crippen LogP contribution in [0.2, 0.25) is 0 Å². The summed E-state index contributed by atoms with van der Waals surface area (Å²) in [5.41, 5.74) is 0. The molecule has 2 fully saturated rings. The molecule has 0 radical (unpaired) electrons. The maximum atomic E-state index is 12.2. The van der Waals surface area contributed by atoms with Gasteiger partial charge in [-0.15, -0.1) is 0 Å². The second-order valence-electron chi connectivity index (χ2n) is 5.72. The zero-order valence-electron chi connectivity index (χ0n) is 12.0. The Hall–Kier alpha value is -0.890. The summed E-state index contributed by atoms with van der Waals surface area (Å²) in [6.45, 7) is 1.59. The predicted octanol–water partition coefficient (Wildman–Crippen LogP) is 1.38. The van der Waals surface area contributed by atoms with E-state index in [2.05, 4.69) is 10.0 Å². The molecule has 1 aliphatic heterocycles. The van der Waals surface area contributed by atoms with E-state index in [9.17, 15) is 8.42 Å². The smallest absolute Gasteiger partial charge is 0.274 e. The minimum absolute atomic E-state index is 0.0223. The first-order valence-electron chi connectivity index (χ1n) is 7.57. The van der Waals surface area contributed by atoms with E-state index in [0.717, 1.165) is 19.3 Å². The van der Waals surface area contributed by atoms with Crippen LogP contribution < -0.4 is 10.0 Å². The van der Waals surface area contributed by atoms with Crippen LogP contribution in [0, 0.1) is 0 Å². The summed E-state index contributed by atoms with van der Waals surface area (Å²) in [5.74, 6) is 0.649. The molecule has 0 aromatic carbocycles. The SMILES string of the molecule is O=S(=O)(NCC1CCCCO1)c1ccc(CNC2CC2)o1. The van der Waals surface area contributed by atoms with Crippen LogP contribution in [-0.4, -0.2) is 33.7 Å². The number of nitrogens with one attached hydrogen (secondary N) is 2. The van der Waals surface area contributed by atoms with Crippen LogP contribution in [-0.2, 0) is 21.3 Å². The fourth-order valence-electron chi connectivity index (χ4n) is 2.37. The molecule has 3 rings (SSSR count). The van der Waals surface area contributed by atoms with E-state index < -0.39 is 10.0 Å². The van der Waals surface area contributed by atoms with Crippen molar-refractivity contribution in [3.8, 4) is 0 Å². The third-order valence-electron chi connectivity index (χ3n) is 3.82. The summed E-state index contributed by atoms with van der Waals surface area (Å²) in [5, 5.41) is 3.27. The molecule has 6 nitrogen and oxygen atoms in total. The molecule has 1 aromatic rings. The van der Waals surface area contributed by atoms with Crippen LogP contribution in [0.3, 0.4) is 0 Å². The molecule has 2 N–H and O–H groups in total. The highest BCUT2D eigenvalue weighted by Gasteiger charge is 2.23. The molecule has 1 saturated carbocycles. The molecule has 1 saturated heterocycles. The van der Waals surface area contributed by atoms with Crippen molar-refractivity contribution in [3.05, 3.63) is 17.9 Å². The van der Waals surface area contributed by atoms with Gasteiger partial charge in [-0.25, -0.2) is 13.1 Å². The highest BCUT2D eigenvalue weighted by atomic mass is 32.2. The molecule has 1 atom stereocenters. The minimum Gasteiger partial charge on any atom is -0.447 e. The topological polar surface area (TPSA) is 80.6 Å². The first kappa shape index (κ1) is 15.0.